The van der Waals surface area contributed by atoms with Crippen LogP contribution in [0.25, 0.3) is 10.9 Å². The smallest absolute Gasteiger partial charge is 0.223 e. The molecular weight excluding hydrogens is 482 g/mol. The molecule has 2 aliphatic rings. The van der Waals surface area contributed by atoms with Gasteiger partial charge in [0.05, 0.1) is 39.1 Å². The highest BCUT2D eigenvalue weighted by molar-refractivity contribution is 5.84. The average Bonchev–Trinajstić information content (AvgIpc) is 3.48. The third kappa shape index (κ3) is 6.19. The second kappa shape index (κ2) is 12.5. The molecule has 2 aromatic carbocycles. The minimum atomic E-state index is 0.0646. The molecule has 2 saturated heterocycles. The van der Waals surface area contributed by atoms with Gasteiger partial charge in [-0.15, -0.1) is 0 Å². The number of rotatable bonds is 10. The highest BCUT2D eigenvalue weighted by Crippen LogP contribution is 2.29. The van der Waals surface area contributed by atoms with E-state index < -0.39 is 0 Å². The number of amides is 1. The third-order valence-corrected chi connectivity index (χ3v) is 7.35. The molecule has 0 bridgehead atoms. The molecule has 8 nitrogen and oxygen atoms in total. The van der Waals surface area contributed by atoms with Crippen LogP contribution in [-0.4, -0.2) is 75.6 Å². The monoisotopic (exact) mass is 519 g/mol. The number of hydrogen-bond donors (Lipinski definition) is 0. The summed E-state index contributed by atoms with van der Waals surface area (Å²) in [6.07, 6.45) is 3.10. The van der Waals surface area contributed by atoms with Gasteiger partial charge in [0, 0.05) is 56.2 Å². The SMILES string of the molecule is COc1ccc2cc(CN(CC3CCCO3)C(=O)CCc3ccccc3OC)c(N3CCOCC3)nc2c1. The quantitative estimate of drug-likeness (QED) is 0.397. The van der Waals surface area contributed by atoms with E-state index in [-0.39, 0.29) is 12.0 Å². The van der Waals surface area contributed by atoms with Crippen LogP contribution in [-0.2, 0) is 27.2 Å². The van der Waals surface area contributed by atoms with Gasteiger partial charge in [0.25, 0.3) is 0 Å². The fraction of sp³-hybridized carbons (Fsp3) is 0.467. The first-order valence-corrected chi connectivity index (χ1v) is 13.5. The van der Waals surface area contributed by atoms with E-state index in [2.05, 4.69) is 11.0 Å². The van der Waals surface area contributed by atoms with Gasteiger partial charge in [-0.05, 0) is 49.1 Å². The topological polar surface area (TPSA) is 73.4 Å². The molecule has 0 saturated carbocycles. The molecule has 0 aliphatic carbocycles. The van der Waals surface area contributed by atoms with Crippen molar-refractivity contribution < 1.29 is 23.7 Å². The molecule has 1 unspecified atom stereocenters. The third-order valence-electron chi connectivity index (χ3n) is 7.35. The molecule has 1 amide bonds. The number of aromatic nitrogens is 1. The van der Waals surface area contributed by atoms with Gasteiger partial charge in [-0.1, -0.05) is 18.2 Å². The minimum absolute atomic E-state index is 0.0646. The molecule has 2 aliphatic heterocycles. The van der Waals surface area contributed by atoms with Crippen LogP contribution in [0.3, 0.4) is 0 Å². The lowest BCUT2D eigenvalue weighted by Crippen LogP contribution is -2.40. The van der Waals surface area contributed by atoms with Gasteiger partial charge < -0.3 is 28.7 Å². The molecule has 5 rings (SSSR count). The Morgan fingerprint density at radius 1 is 1.05 bits per heavy atom. The van der Waals surface area contributed by atoms with Crippen LogP contribution >= 0.6 is 0 Å². The maximum Gasteiger partial charge on any atom is 0.223 e. The number of aryl methyl sites for hydroxylation is 1. The van der Waals surface area contributed by atoms with Crippen molar-refractivity contribution in [1.82, 2.24) is 9.88 Å². The van der Waals surface area contributed by atoms with Gasteiger partial charge in [-0.25, -0.2) is 4.98 Å². The lowest BCUT2D eigenvalue weighted by atomic mass is 10.1. The van der Waals surface area contributed by atoms with Gasteiger partial charge in [-0.3, -0.25) is 4.79 Å². The molecule has 202 valence electrons. The van der Waals surface area contributed by atoms with Crippen LogP contribution < -0.4 is 14.4 Å². The Hall–Kier alpha value is -3.36. The van der Waals surface area contributed by atoms with Gasteiger partial charge >= 0.3 is 0 Å². The number of para-hydroxylation sites is 1. The van der Waals surface area contributed by atoms with E-state index in [9.17, 15) is 4.79 Å². The Morgan fingerprint density at radius 3 is 2.66 bits per heavy atom. The summed E-state index contributed by atoms with van der Waals surface area (Å²) in [5, 5.41) is 1.02. The maximum absolute atomic E-state index is 13.7. The van der Waals surface area contributed by atoms with Crippen molar-refractivity contribution in [3.05, 3.63) is 59.7 Å². The van der Waals surface area contributed by atoms with E-state index in [0.29, 0.717) is 39.1 Å². The van der Waals surface area contributed by atoms with Crippen LogP contribution in [0.15, 0.2) is 48.5 Å². The summed E-state index contributed by atoms with van der Waals surface area (Å²) in [5.74, 6) is 2.60. The summed E-state index contributed by atoms with van der Waals surface area (Å²) >= 11 is 0. The summed E-state index contributed by atoms with van der Waals surface area (Å²) in [7, 11) is 3.33. The fourth-order valence-electron chi connectivity index (χ4n) is 5.28. The Kier molecular flexibility index (Phi) is 8.61. The largest absolute Gasteiger partial charge is 0.497 e. The average molecular weight is 520 g/mol. The number of pyridine rings is 1. The predicted octanol–water partition coefficient (Wildman–Crippen LogP) is 4.23. The van der Waals surface area contributed by atoms with Crippen LogP contribution in [0.5, 0.6) is 11.5 Å². The zero-order valence-electron chi connectivity index (χ0n) is 22.4. The van der Waals surface area contributed by atoms with Crippen molar-refractivity contribution in [3.63, 3.8) is 0 Å². The van der Waals surface area contributed by atoms with Crippen LogP contribution in [0, 0.1) is 0 Å². The summed E-state index contributed by atoms with van der Waals surface area (Å²) < 4.78 is 22.5. The lowest BCUT2D eigenvalue weighted by molar-refractivity contribution is -0.133. The lowest BCUT2D eigenvalue weighted by Gasteiger charge is -2.32. The Balaban J connectivity index is 1.43. The van der Waals surface area contributed by atoms with Gasteiger partial charge in [0.1, 0.15) is 17.3 Å². The van der Waals surface area contributed by atoms with Crippen molar-refractivity contribution in [2.75, 3.05) is 58.6 Å². The molecule has 8 heteroatoms. The number of carbonyl (C=O) groups excluding carboxylic acids is 1. The Labute approximate surface area is 224 Å². The molecule has 2 fully saturated rings. The van der Waals surface area contributed by atoms with Crippen molar-refractivity contribution in [1.29, 1.82) is 0 Å². The number of carbonyl (C=O) groups is 1. The van der Waals surface area contributed by atoms with E-state index in [0.717, 1.165) is 71.9 Å². The number of fused-ring (bicyclic) bond motifs is 1. The minimum Gasteiger partial charge on any atom is -0.497 e. The number of morpholine rings is 1. The Morgan fingerprint density at radius 2 is 1.89 bits per heavy atom. The molecular formula is C30H37N3O5. The number of benzene rings is 2. The molecule has 1 aromatic heterocycles. The summed E-state index contributed by atoms with van der Waals surface area (Å²) in [6.45, 7) is 4.67. The molecule has 0 radical (unpaired) electrons. The molecule has 1 atom stereocenters. The number of hydrogen-bond acceptors (Lipinski definition) is 7. The van der Waals surface area contributed by atoms with Crippen molar-refractivity contribution in [2.24, 2.45) is 0 Å². The van der Waals surface area contributed by atoms with Crippen LogP contribution in [0.1, 0.15) is 30.4 Å². The maximum atomic E-state index is 13.7. The zero-order valence-corrected chi connectivity index (χ0v) is 22.4. The van der Waals surface area contributed by atoms with E-state index in [4.69, 9.17) is 23.9 Å². The van der Waals surface area contributed by atoms with Gasteiger partial charge in [0.15, 0.2) is 0 Å². The van der Waals surface area contributed by atoms with E-state index >= 15 is 0 Å². The van der Waals surface area contributed by atoms with E-state index in [1.165, 1.54) is 0 Å². The molecule has 0 spiro atoms. The van der Waals surface area contributed by atoms with Crippen LogP contribution in [0.4, 0.5) is 5.82 Å². The van der Waals surface area contributed by atoms with E-state index in [1.54, 1.807) is 14.2 Å². The zero-order chi connectivity index (χ0) is 26.3. The fourth-order valence-corrected chi connectivity index (χ4v) is 5.28. The highest BCUT2D eigenvalue weighted by atomic mass is 16.5. The van der Waals surface area contributed by atoms with Crippen molar-refractivity contribution in [3.8, 4) is 11.5 Å². The van der Waals surface area contributed by atoms with Gasteiger partial charge in [0.2, 0.25) is 5.91 Å². The van der Waals surface area contributed by atoms with Crippen molar-refractivity contribution >= 4 is 22.6 Å². The Bertz CT molecular complexity index is 1240. The van der Waals surface area contributed by atoms with Gasteiger partial charge in [-0.2, -0.15) is 0 Å². The molecule has 3 heterocycles. The van der Waals surface area contributed by atoms with Crippen LogP contribution in [0.2, 0.25) is 0 Å². The van der Waals surface area contributed by atoms with E-state index in [1.807, 2.05) is 47.4 Å². The first kappa shape index (κ1) is 26.3. The second-order valence-corrected chi connectivity index (χ2v) is 9.85. The first-order valence-electron chi connectivity index (χ1n) is 13.5. The highest BCUT2D eigenvalue weighted by Gasteiger charge is 2.26. The predicted molar refractivity (Wildman–Crippen MR) is 147 cm³/mol. The molecule has 3 aromatic rings. The number of anilines is 1. The normalized spacial score (nSPS) is 17.5. The number of ether oxygens (including phenoxy) is 4. The summed E-state index contributed by atoms with van der Waals surface area (Å²) in [4.78, 5) is 23.0. The number of nitrogens with zero attached hydrogens (tertiary/aromatic N) is 3. The van der Waals surface area contributed by atoms with Crippen molar-refractivity contribution in [2.45, 2.75) is 38.3 Å². The molecule has 38 heavy (non-hydrogen) atoms. The summed E-state index contributed by atoms with van der Waals surface area (Å²) in [6, 6.07) is 16.0. The second-order valence-electron chi connectivity index (χ2n) is 9.85. The summed E-state index contributed by atoms with van der Waals surface area (Å²) in [5.41, 5.74) is 2.95. The number of methoxy groups -OCH3 is 2. The molecule has 0 N–H and O–H groups in total. The first-order chi connectivity index (χ1) is 18.6. The standard InChI is InChI=1S/C30H37N3O5/c1-35-25-11-9-23-18-24(30(31-27(23)19-25)32-13-16-37-17-14-32)20-33(21-26-7-5-15-38-26)29(34)12-10-22-6-3-4-8-28(22)36-2/h3-4,6,8-9,11,18-19,26H,5,7,10,12-17,20-21H2,1-2H3.